The van der Waals surface area contributed by atoms with Gasteiger partial charge in [-0.2, -0.15) is 0 Å². The van der Waals surface area contributed by atoms with Gasteiger partial charge in [0.05, 0.1) is 19.2 Å². The van der Waals surface area contributed by atoms with Crippen molar-refractivity contribution in [2.24, 2.45) is 0 Å². The minimum Gasteiger partial charge on any atom is -0.493 e. The number of methoxy groups -OCH3 is 1. The number of nitrogens with zero attached hydrogens (tertiary/aromatic N) is 1. The minimum atomic E-state index is -0.388. The van der Waals surface area contributed by atoms with E-state index in [0.29, 0.717) is 59.3 Å². The lowest BCUT2D eigenvalue weighted by Gasteiger charge is -2.20. The number of fused-ring (bicyclic) bond motifs is 1. The Morgan fingerprint density at radius 3 is 2.32 bits per heavy atom. The molecule has 258 valence electrons. The fourth-order valence-corrected chi connectivity index (χ4v) is 6.04. The van der Waals surface area contributed by atoms with Gasteiger partial charge in [-0.1, -0.05) is 48.5 Å². The summed E-state index contributed by atoms with van der Waals surface area (Å²) in [6.45, 7) is 1.14. The molecular formula is C41H43N3O6. The van der Waals surface area contributed by atoms with Crippen LogP contribution in [0.15, 0.2) is 109 Å². The van der Waals surface area contributed by atoms with Gasteiger partial charge in [0.25, 0.3) is 5.91 Å². The lowest BCUT2D eigenvalue weighted by Crippen LogP contribution is -2.41. The number of esters is 1. The van der Waals surface area contributed by atoms with Gasteiger partial charge in [0.15, 0.2) is 11.5 Å². The van der Waals surface area contributed by atoms with Crippen LogP contribution in [0.25, 0.3) is 10.9 Å². The van der Waals surface area contributed by atoms with Gasteiger partial charge in [-0.3, -0.25) is 14.6 Å². The summed E-state index contributed by atoms with van der Waals surface area (Å²) >= 11 is 0. The molecule has 0 aliphatic heterocycles. The highest BCUT2D eigenvalue weighted by molar-refractivity contribution is 6.04. The topological polar surface area (TPSA) is 108 Å². The van der Waals surface area contributed by atoms with Crippen molar-refractivity contribution in [2.75, 3.05) is 25.6 Å². The van der Waals surface area contributed by atoms with E-state index in [-0.39, 0.29) is 24.0 Å². The van der Waals surface area contributed by atoms with E-state index in [1.807, 2.05) is 60.7 Å². The van der Waals surface area contributed by atoms with Crippen LogP contribution in [-0.2, 0) is 16.0 Å². The van der Waals surface area contributed by atoms with Crippen LogP contribution >= 0.6 is 0 Å². The smallest absolute Gasteiger partial charge is 0.323 e. The zero-order chi connectivity index (χ0) is 34.5. The Bertz CT molecular complexity index is 1840. The lowest BCUT2D eigenvalue weighted by molar-refractivity contribution is -0.151. The molecular weight excluding hydrogens is 630 g/mol. The van der Waals surface area contributed by atoms with Crippen molar-refractivity contribution in [1.82, 2.24) is 10.3 Å². The Labute approximate surface area is 292 Å². The molecule has 1 aliphatic rings. The predicted molar refractivity (Wildman–Crippen MR) is 194 cm³/mol. The number of ether oxygens (including phenoxy) is 4. The van der Waals surface area contributed by atoms with E-state index < -0.39 is 0 Å². The van der Waals surface area contributed by atoms with E-state index in [1.54, 1.807) is 55.8 Å². The van der Waals surface area contributed by atoms with Gasteiger partial charge >= 0.3 is 5.97 Å². The van der Waals surface area contributed by atoms with Gasteiger partial charge in [-0.15, -0.1) is 0 Å². The molecule has 50 heavy (non-hydrogen) atoms. The molecule has 0 bridgehead atoms. The van der Waals surface area contributed by atoms with Gasteiger partial charge in [0.1, 0.15) is 23.6 Å². The van der Waals surface area contributed by atoms with Crippen LogP contribution in [0.2, 0.25) is 0 Å². The van der Waals surface area contributed by atoms with Crippen molar-refractivity contribution in [3.63, 3.8) is 0 Å². The molecule has 0 radical (unpaired) electrons. The second kappa shape index (κ2) is 17.3. The highest BCUT2D eigenvalue weighted by Gasteiger charge is 2.25. The van der Waals surface area contributed by atoms with Crippen LogP contribution < -0.4 is 24.8 Å². The highest BCUT2D eigenvalue weighted by atomic mass is 16.5. The van der Waals surface area contributed by atoms with E-state index in [9.17, 15) is 9.59 Å². The number of aromatic nitrogens is 1. The van der Waals surface area contributed by atoms with Gasteiger partial charge in [0, 0.05) is 28.9 Å². The monoisotopic (exact) mass is 673 g/mol. The summed E-state index contributed by atoms with van der Waals surface area (Å²) in [4.78, 5) is 30.1. The van der Waals surface area contributed by atoms with Gasteiger partial charge in [-0.05, 0) is 106 Å². The van der Waals surface area contributed by atoms with Crippen molar-refractivity contribution < 1.29 is 28.5 Å². The second-order valence-corrected chi connectivity index (χ2v) is 12.4. The summed E-state index contributed by atoms with van der Waals surface area (Å²) < 4.78 is 23.9. The molecule has 1 atom stereocenters. The van der Waals surface area contributed by atoms with E-state index in [2.05, 4.69) is 15.6 Å². The van der Waals surface area contributed by atoms with Crippen molar-refractivity contribution >= 4 is 28.5 Å². The van der Waals surface area contributed by atoms with E-state index >= 15 is 0 Å². The SMILES string of the molecule is COc1cc2c(Oc3ccc(NC(=O)c4ccccc4)cc3)ccnc2cc1OCCCCNC(Cc1ccccc1)C(=O)OC1CCCC1. The Morgan fingerprint density at radius 1 is 0.840 bits per heavy atom. The minimum absolute atomic E-state index is 0.0394. The molecule has 1 amide bonds. The first-order chi connectivity index (χ1) is 24.6. The summed E-state index contributed by atoms with van der Waals surface area (Å²) in [6, 6.07) is 31.5. The normalized spacial score (nSPS) is 13.5. The average molecular weight is 674 g/mol. The Morgan fingerprint density at radius 2 is 1.58 bits per heavy atom. The molecule has 0 saturated heterocycles. The van der Waals surface area contributed by atoms with Crippen molar-refractivity contribution in [1.29, 1.82) is 0 Å². The predicted octanol–water partition coefficient (Wildman–Crippen LogP) is 8.13. The fraction of sp³-hybridized carbons (Fsp3) is 0.293. The number of amides is 1. The van der Waals surface area contributed by atoms with E-state index in [0.717, 1.165) is 49.5 Å². The number of unbranched alkanes of at least 4 members (excludes halogenated alkanes) is 1. The third-order valence-corrected chi connectivity index (χ3v) is 8.73. The number of carbonyl (C=O) groups is 2. The molecule has 4 aromatic carbocycles. The van der Waals surface area contributed by atoms with Crippen molar-refractivity contribution in [3.8, 4) is 23.0 Å². The quantitative estimate of drug-likeness (QED) is 0.0799. The largest absolute Gasteiger partial charge is 0.493 e. The van der Waals surface area contributed by atoms with Gasteiger partial charge in [-0.25, -0.2) is 0 Å². The molecule has 9 heteroatoms. The number of anilines is 1. The summed E-state index contributed by atoms with van der Waals surface area (Å²) in [5.41, 5.74) is 3.06. The second-order valence-electron chi connectivity index (χ2n) is 12.4. The highest BCUT2D eigenvalue weighted by Crippen LogP contribution is 2.37. The summed E-state index contributed by atoms with van der Waals surface area (Å²) in [7, 11) is 1.61. The molecule has 1 aliphatic carbocycles. The maximum atomic E-state index is 13.1. The molecule has 1 heterocycles. The lowest BCUT2D eigenvalue weighted by atomic mass is 10.1. The van der Waals surface area contributed by atoms with E-state index in [1.165, 1.54) is 0 Å². The number of hydrogen-bond donors (Lipinski definition) is 2. The zero-order valence-electron chi connectivity index (χ0n) is 28.3. The maximum absolute atomic E-state index is 13.1. The van der Waals surface area contributed by atoms with Crippen LogP contribution in [0.1, 0.15) is 54.4 Å². The maximum Gasteiger partial charge on any atom is 0.323 e. The van der Waals surface area contributed by atoms with E-state index in [4.69, 9.17) is 18.9 Å². The molecule has 1 saturated carbocycles. The number of carbonyl (C=O) groups excluding carboxylic acids is 2. The van der Waals surface area contributed by atoms with Crippen LogP contribution in [0.3, 0.4) is 0 Å². The molecule has 1 unspecified atom stereocenters. The summed E-state index contributed by atoms with van der Waals surface area (Å²) in [5.74, 6) is 2.05. The fourth-order valence-electron chi connectivity index (χ4n) is 6.04. The van der Waals surface area contributed by atoms with Gasteiger partial charge in [0.2, 0.25) is 0 Å². The molecule has 1 aromatic heterocycles. The first kappa shape index (κ1) is 34.5. The number of hydrogen-bond acceptors (Lipinski definition) is 8. The van der Waals surface area contributed by atoms with Crippen LogP contribution in [-0.4, -0.2) is 49.3 Å². The van der Waals surface area contributed by atoms with Gasteiger partial charge < -0.3 is 29.6 Å². The molecule has 2 N–H and O–H groups in total. The Kier molecular flexibility index (Phi) is 11.9. The van der Waals surface area contributed by atoms with Crippen LogP contribution in [0.4, 0.5) is 5.69 Å². The number of pyridine rings is 1. The molecule has 9 nitrogen and oxygen atoms in total. The number of nitrogens with one attached hydrogen (secondary N) is 2. The third kappa shape index (κ3) is 9.39. The first-order valence-electron chi connectivity index (χ1n) is 17.3. The first-order valence-corrected chi connectivity index (χ1v) is 17.3. The molecule has 6 rings (SSSR count). The van der Waals surface area contributed by atoms with Crippen LogP contribution in [0, 0.1) is 0 Å². The Balaban J connectivity index is 1.02. The average Bonchev–Trinajstić information content (AvgIpc) is 3.67. The number of rotatable bonds is 16. The summed E-state index contributed by atoms with van der Waals surface area (Å²) in [6.07, 6.45) is 8.07. The molecule has 1 fully saturated rings. The zero-order valence-corrected chi connectivity index (χ0v) is 28.3. The van der Waals surface area contributed by atoms with Crippen LogP contribution in [0.5, 0.6) is 23.0 Å². The van der Waals surface area contributed by atoms with Crippen molar-refractivity contribution in [2.45, 2.75) is 57.1 Å². The number of benzene rings is 4. The standard InChI is InChI=1S/C41H43N3O6/c1-47-38-27-34-35(43-24-22-37(34)49-33-20-18-31(19-21-33)44-40(45)30-14-6-3-7-15-30)28-39(38)48-25-11-10-23-42-36(26-29-12-4-2-5-13-29)41(46)50-32-16-8-9-17-32/h2-7,12-15,18-22,24,27-28,32,36,42H,8-11,16-17,23,25-26H2,1H3,(H,44,45). The molecule has 5 aromatic rings. The Hall–Kier alpha value is -5.41. The third-order valence-electron chi connectivity index (χ3n) is 8.73. The molecule has 0 spiro atoms. The van der Waals surface area contributed by atoms with Crippen molar-refractivity contribution in [3.05, 3.63) is 120 Å². The summed E-state index contributed by atoms with van der Waals surface area (Å²) in [5, 5.41) is 7.11.